The minimum Gasteiger partial charge on any atom is -0.321 e. The molecule has 0 heterocycles. The van der Waals surface area contributed by atoms with E-state index < -0.39 is 22.3 Å². The number of amides is 1. The predicted octanol–water partition coefficient (Wildman–Crippen LogP) is 1.14. The summed E-state index contributed by atoms with van der Waals surface area (Å²) in [7, 11) is 0. The summed E-state index contributed by atoms with van der Waals surface area (Å²) < 4.78 is 0. The highest BCUT2D eigenvalue weighted by molar-refractivity contribution is 6.66. The Labute approximate surface area is 96.1 Å². The Hall–Kier alpha value is -2.57. The van der Waals surface area contributed by atoms with E-state index in [0.29, 0.717) is 0 Å². The molecule has 1 aromatic rings. The molecule has 1 aromatic carbocycles. The van der Waals surface area contributed by atoms with Crippen LogP contribution in [0.4, 0.5) is 11.4 Å². The van der Waals surface area contributed by atoms with Crippen LogP contribution < -0.4 is 5.32 Å². The second-order valence-corrected chi connectivity index (χ2v) is 3.19. The smallest absolute Gasteiger partial charge is 0.277 e. The first-order valence-corrected chi connectivity index (χ1v) is 4.57. The number of anilines is 1. The van der Waals surface area contributed by atoms with E-state index in [1.54, 1.807) is 0 Å². The molecule has 7 nitrogen and oxygen atoms in total. The number of carbonyl (C=O) groups excluding carboxylic acids is 2. The zero-order valence-corrected chi connectivity index (χ0v) is 8.89. The second kappa shape index (κ2) is 4.97. The molecule has 7 heteroatoms. The third-order valence-electron chi connectivity index (χ3n) is 1.92. The van der Waals surface area contributed by atoms with Crippen molar-refractivity contribution in [3.63, 3.8) is 0 Å². The lowest BCUT2D eigenvalue weighted by molar-refractivity contribution is -0.384. The molecule has 0 aliphatic rings. The largest absolute Gasteiger partial charge is 0.321 e. The Kier molecular flexibility index (Phi) is 3.66. The Balaban J connectivity index is 2.76. The first kappa shape index (κ1) is 12.5. The van der Waals surface area contributed by atoms with Gasteiger partial charge in [0.15, 0.2) is 11.5 Å². The lowest BCUT2D eigenvalue weighted by atomic mass is 10.2. The summed E-state index contributed by atoms with van der Waals surface area (Å²) in [4.78, 5) is 31.8. The summed E-state index contributed by atoms with van der Waals surface area (Å²) in [5.74, 6) is -1.49. The van der Waals surface area contributed by atoms with Gasteiger partial charge >= 0.3 is 0 Å². The highest BCUT2D eigenvalue weighted by Gasteiger charge is 2.14. The molecule has 17 heavy (non-hydrogen) atoms. The van der Waals surface area contributed by atoms with Gasteiger partial charge in [-0.25, -0.2) is 0 Å². The SMILES string of the molecule is CC(=O)C(=N)C(=O)Nc1ccc([N+](=O)[O-])cc1. The minimum absolute atomic E-state index is 0.107. The van der Waals surface area contributed by atoms with Gasteiger partial charge in [-0.2, -0.15) is 0 Å². The molecule has 0 spiro atoms. The molecule has 0 saturated carbocycles. The molecule has 0 radical (unpaired) electrons. The van der Waals surface area contributed by atoms with Crippen molar-refractivity contribution in [1.29, 1.82) is 5.41 Å². The van der Waals surface area contributed by atoms with Crippen molar-refractivity contribution in [2.75, 3.05) is 5.32 Å². The molecule has 0 saturated heterocycles. The van der Waals surface area contributed by atoms with Crippen molar-refractivity contribution in [1.82, 2.24) is 0 Å². The maximum absolute atomic E-state index is 11.3. The zero-order valence-electron chi connectivity index (χ0n) is 8.89. The number of nitrogens with one attached hydrogen (secondary N) is 2. The number of nitro benzene ring substituents is 1. The molecule has 0 aliphatic carbocycles. The molecule has 88 valence electrons. The third kappa shape index (κ3) is 3.20. The molecule has 0 atom stereocenters. The van der Waals surface area contributed by atoms with E-state index in [2.05, 4.69) is 5.32 Å². The molecular formula is C10H9N3O4. The number of benzene rings is 1. The van der Waals surface area contributed by atoms with Crippen molar-refractivity contribution >= 4 is 28.8 Å². The van der Waals surface area contributed by atoms with Gasteiger partial charge in [0.25, 0.3) is 11.6 Å². The number of Topliss-reactive ketones (excluding diaryl/α,β-unsaturated/α-hetero) is 1. The number of non-ortho nitro benzene ring substituents is 1. The second-order valence-electron chi connectivity index (χ2n) is 3.19. The normalized spacial score (nSPS) is 9.47. The van der Waals surface area contributed by atoms with Crippen LogP contribution in [-0.4, -0.2) is 22.3 Å². The summed E-state index contributed by atoms with van der Waals surface area (Å²) in [6.45, 7) is 1.11. The van der Waals surface area contributed by atoms with Gasteiger partial charge in [0, 0.05) is 24.7 Å². The highest BCUT2D eigenvalue weighted by Crippen LogP contribution is 2.15. The fourth-order valence-corrected chi connectivity index (χ4v) is 1.02. The quantitative estimate of drug-likeness (QED) is 0.352. The molecule has 0 fully saturated rings. The standard InChI is InChI=1S/C10H9N3O4/c1-6(14)9(11)10(15)12-7-2-4-8(5-3-7)13(16)17/h2-5,11H,1H3,(H,12,15). The van der Waals surface area contributed by atoms with Crippen molar-refractivity contribution in [3.05, 3.63) is 34.4 Å². The van der Waals surface area contributed by atoms with Crippen LogP contribution in [0.15, 0.2) is 24.3 Å². The van der Waals surface area contributed by atoms with Crippen molar-refractivity contribution < 1.29 is 14.5 Å². The topological polar surface area (TPSA) is 113 Å². The number of rotatable bonds is 4. The number of nitrogens with zero attached hydrogens (tertiary/aromatic N) is 1. The zero-order chi connectivity index (χ0) is 13.0. The lowest BCUT2D eigenvalue weighted by Gasteiger charge is -2.03. The Morgan fingerprint density at radius 2 is 1.82 bits per heavy atom. The highest BCUT2D eigenvalue weighted by atomic mass is 16.6. The molecule has 2 N–H and O–H groups in total. The Bertz CT molecular complexity index is 493. The fourth-order valence-electron chi connectivity index (χ4n) is 1.02. The maximum atomic E-state index is 11.3. The lowest BCUT2D eigenvalue weighted by Crippen LogP contribution is -2.27. The maximum Gasteiger partial charge on any atom is 0.277 e. The van der Waals surface area contributed by atoms with E-state index in [-0.39, 0.29) is 11.4 Å². The van der Waals surface area contributed by atoms with Gasteiger partial charge in [0.1, 0.15) is 0 Å². The molecule has 0 unspecified atom stereocenters. The summed E-state index contributed by atoms with van der Waals surface area (Å²) in [5.41, 5.74) is -0.486. The average molecular weight is 235 g/mol. The minimum atomic E-state index is -0.841. The van der Waals surface area contributed by atoms with E-state index in [1.807, 2.05) is 0 Å². The Morgan fingerprint density at radius 1 is 1.29 bits per heavy atom. The van der Waals surface area contributed by atoms with E-state index in [4.69, 9.17) is 5.41 Å². The van der Waals surface area contributed by atoms with E-state index in [0.717, 1.165) is 6.92 Å². The van der Waals surface area contributed by atoms with Gasteiger partial charge in [-0.1, -0.05) is 0 Å². The van der Waals surface area contributed by atoms with Crippen LogP contribution in [-0.2, 0) is 9.59 Å². The number of carbonyl (C=O) groups is 2. The first-order chi connectivity index (χ1) is 7.91. The monoisotopic (exact) mass is 235 g/mol. The molecule has 1 rings (SSSR count). The van der Waals surface area contributed by atoms with Crippen LogP contribution in [0.3, 0.4) is 0 Å². The third-order valence-corrected chi connectivity index (χ3v) is 1.92. The van der Waals surface area contributed by atoms with Gasteiger partial charge in [-0.3, -0.25) is 25.1 Å². The number of hydrogen-bond acceptors (Lipinski definition) is 5. The molecule has 0 bridgehead atoms. The summed E-state index contributed by atoms with van der Waals surface area (Å²) in [6, 6.07) is 5.08. The van der Waals surface area contributed by atoms with Crippen molar-refractivity contribution in [3.8, 4) is 0 Å². The summed E-state index contributed by atoms with van der Waals surface area (Å²) in [5, 5.41) is 19.8. The van der Waals surface area contributed by atoms with Crippen LogP contribution in [0.2, 0.25) is 0 Å². The van der Waals surface area contributed by atoms with Crippen molar-refractivity contribution in [2.45, 2.75) is 6.92 Å². The van der Waals surface area contributed by atoms with Gasteiger partial charge in [0.2, 0.25) is 0 Å². The van der Waals surface area contributed by atoms with Crippen LogP contribution in [0, 0.1) is 15.5 Å². The molecule has 1 amide bonds. The first-order valence-electron chi connectivity index (χ1n) is 4.57. The predicted molar refractivity (Wildman–Crippen MR) is 60.1 cm³/mol. The molecule has 0 aromatic heterocycles. The number of nitro groups is 1. The summed E-state index contributed by atoms with van der Waals surface area (Å²) >= 11 is 0. The van der Waals surface area contributed by atoms with Crippen molar-refractivity contribution in [2.24, 2.45) is 0 Å². The van der Waals surface area contributed by atoms with Gasteiger partial charge in [-0.05, 0) is 12.1 Å². The van der Waals surface area contributed by atoms with Gasteiger partial charge in [-0.15, -0.1) is 0 Å². The Morgan fingerprint density at radius 3 is 2.24 bits per heavy atom. The number of hydrogen-bond donors (Lipinski definition) is 2. The van der Waals surface area contributed by atoms with Crippen LogP contribution >= 0.6 is 0 Å². The van der Waals surface area contributed by atoms with E-state index in [9.17, 15) is 19.7 Å². The number of ketones is 1. The van der Waals surface area contributed by atoms with E-state index >= 15 is 0 Å². The van der Waals surface area contributed by atoms with Gasteiger partial charge < -0.3 is 5.32 Å². The van der Waals surface area contributed by atoms with Crippen LogP contribution in [0.25, 0.3) is 0 Å². The fraction of sp³-hybridized carbons (Fsp3) is 0.100. The van der Waals surface area contributed by atoms with Gasteiger partial charge in [0.05, 0.1) is 4.92 Å². The molecular weight excluding hydrogens is 226 g/mol. The van der Waals surface area contributed by atoms with Crippen LogP contribution in [0.1, 0.15) is 6.92 Å². The van der Waals surface area contributed by atoms with E-state index in [1.165, 1.54) is 24.3 Å². The van der Waals surface area contributed by atoms with Crippen LogP contribution in [0.5, 0.6) is 0 Å². The summed E-state index contributed by atoms with van der Waals surface area (Å²) in [6.07, 6.45) is 0. The molecule has 0 aliphatic heterocycles. The average Bonchev–Trinajstić information content (AvgIpc) is 2.28.